The molecular weight excluding hydrogens is 208 g/mol. The third-order valence-electron chi connectivity index (χ3n) is 2.86. The maximum absolute atomic E-state index is 5.92. The van der Waals surface area contributed by atoms with Gasteiger partial charge < -0.3 is 5.32 Å². The molecular formula is C12H17ClN2. The molecule has 1 aromatic rings. The average Bonchev–Trinajstić information content (AvgIpc) is 2.15. The van der Waals surface area contributed by atoms with E-state index in [0.717, 1.165) is 43.2 Å². The summed E-state index contributed by atoms with van der Waals surface area (Å²) >= 11 is 5.92. The molecule has 0 aliphatic heterocycles. The summed E-state index contributed by atoms with van der Waals surface area (Å²) in [5.74, 6) is 0.775. The Morgan fingerprint density at radius 3 is 2.93 bits per heavy atom. The van der Waals surface area contributed by atoms with Gasteiger partial charge in [-0.1, -0.05) is 6.07 Å². The van der Waals surface area contributed by atoms with Gasteiger partial charge in [0.2, 0.25) is 0 Å². The Morgan fingerprint density at radius 1 is 1.47 bits per heavy atom. The molecule has 82 valence electrons. The van der Waals surface area contributed by atoms with E-state index < -0.39 is 0 Å². The van der Waals surface area contributed by atoms with E-state index in [2.05, 4.69) is 22.4 Å². The van der Waals surface area contributed by atoms with Crippen LogP contribution in [0.4, 0.5) is 0 Å². The summed E-state index contributed by atoms with van der Waals surface area (Å²) in [4.78, 5) is 4.44. The first-order valence-corrected chi connectivity index (χ1v) is 5.95. The van der Waals surface area contributed by atoms with Crippen LogP contribution in [0.2, 0.25) is 0 Å². The van der Waals surface area contributed by atoms with E-state index in [4.69, 9.17) is 11.6 Å². The zero-order chi connectivity index (χ0) is 10.7. The van der Waals surface area contributed by atoms with Gasteiger partial charge in [0, 0.05) is 17.6 Å². The number of nitrogens with zero attached hydrogens (tertiary/aromatic N) is 1. The Hall–Kier alpha value is -0.600. The van der Waals surface area contributed by atoms with Crippen molar-refractivity contribution >= 4 is 11.6 Å². The molecule has 0 spiro atoms. The lowest BCUT2D eigenvalue weighted by Gasteiger charge is -2.30. The summed E-state index contributed by atoms with van der Waals surface area (Å²) in [5, 5.41) is 3.86. The van der Waals surface area contributed by atoms with Crippen molar-refractivity contribution in [3.05, 3.63) is 29.6 Å². The molecule has 2 rings (SSSR count). The highest BCUT2D eigenvalue weighted by molar-refractivity contribution is 6.21. The van der Waals surface area contributed by atoms with Gasteiger partial charge >= 0.3 is 0 Å². The smallest absolute Gasteiger partial charge is 0.0544 e. The zero-order valence-electron chi connectivity index (χ0n) is 9.04. The molecule has 1 aliphatic rings. The molecule has 0 radical (unpaired) electrons. The first-order valence-electron chi connectivity index (χ1n) is 5.51. The normalized spacial score (nSPS) is 24.9. The fraction of sp³-hybridized carbons (Fsp3) is 0.583. The number of alkyl halides is 1. The number of aromatic nitrogens is 1. The van der Waals surface area contributed by atoms with Crippen molar-refractivity contribution in [1.82, 2.24) is 10.3 Å². The summed E-state index contributed by atoms with van der Waals surface area (Å²) in [7, 11) is 0. The second kappa shape index (κ2) is 4.95. The Balaban J connectivity index is 1.69. The minimum Gasteiger partial charge on any atom is -0.311 e. The molecule has 2 nitrogen and oxygen atoms in total. The predicted octanol–water partition coefficient (Wildman–Crippen LogP) is 2.50. The first-order chi connectivity index (χ1) is 7.24. The van der Waals surface area contributed by atoms with Gasteiger partial charge in [0.15, 0.2) is 0 Å². The lowest BCUT2D eigenvalue weighted by Crippen LogP contribution is -2.33. The lowest BCUT2D eigenvalue weighted by atomic mass is 9.85. The highest BCUT2D eigenvalue weighted by Gasteiger charge is 2.26. The van der Waals surface area contributed by atoms with Crippen LogP contribution in [-0.2, 0) is 6.54 Å². The monoisotopic (exact) mass is 224 g/mol. The van der Waals surface area contributed by atoms with E-state index in [9.17, 15) is 0 Å². The Bertz CT molecular complexity index is 321. The van der Waals surface area contributed by atoms with Crippen molar-refractivity contribution in [2.75, 3.05) is 6.54 Å². The number of aryl methyl sites for hydroxylation is 1. The van der Waals surface area contributed by atoms with Crippen molar-refractivity contribution in [2.45, 2.75) is 31.7 Å². The minimum atomic E-state index is 0.425. The summed E-state index contributed by atoms with van der Waals surface area (Å²) < 4.78 is 0. The summed E-state index contributed by atoms with van der Waals surface area (Å²) in [6.45, 7) is 3.96. The molecule has 3 heteroatoms. The zero-order valence-corrected chi connectivity index (χ0v) is 9.80. The number of rotatable bonds is 4. The van der Waals surface area contributed by atoms with Gasteiger partial charge in [0.1, 0.15) is 0 Å². The van der Waals surface area contributed by atoms with Crippen LogP contribution in [0.15, 0.2) is 18.2 Å². The van der Waals surface area contributed by atoms with Gasteiger partial charge in [-0.15, -0.1) is 11.6 Å². The van der Waals surface area contributed by atoms with Gasteiger partial charge in [0.25, 0.3) is 0 Å². The highest BCUT2D eigenvalue weighted by atomic mass is 35.5. The van der Waals surface area contributed by atoms with Crippen molar-refractivity contribution in [2.24, 2.45) is 5.92 Å². The Kier molecular flexibility index (Phi) is 3.60. The molecule has 0 bridgehead atoms. The number of pyridine rings is 1. The maximum atomic E-state index is 5.92. The van der Waals surface area contributed by atoms with E-state index in [1.54, 1.807) is 0 Å². The van der Waals surface area contributed by atoms with Crippen LogP contribution in [0.5, 0.6) is 0 Å². The van der Waals surface area contributed by atoms with Gasteiger partial charge in [-0.25, -0.2) is 0 Å². The van der Waals surface area contributed by atoms with Crippen LogP contribution in [0.25, 0.3) is 0 Å². The fourth-order valence-corrected chi connectivity index (χ4v) is 2.43. The molecule has 1 fully saturated rings. The molecule has 1 aromatic heterocycles. The van der Waals surface area contributed by atoms with Crippen molar-refractivity contribution in [3.8, 4) is 0 Å². The second-order valence-electron chi connectivity index (χ2n) is 4.34. The van der Waals surface area contributed by atoms with E-state index in [0.29, 0.717) is 5.38 Å². The van der Waals surface area contributed by atoms with Crippen LogP contribution in [0.1, 0.15) is 24.2 Å². The topological polar surface area (TPSA) is 24.9 Å². The van der Waals surface area contributed by atoms with Crippen LogP contribution in [0.3, 0.4) is 0 Å². The SMILES string of the molecule is Cc1cccc(CNCC2CC(Cl)C2)n1. The van der Waals surface area contributed by atoms with Crippen LogP contribution in [-0.4, -0.2) is 16.9 Å². The van der Waals surface area contributed by atoms with Crippen LogP contribution >= 0.6 is 11.6 Å². The molecule has 1 N–H and O–H groups in total. The molecule has 1 saturated carbocycles. The molecule has 15 heavy (non-hydrogen) atoms. The summed E-state index contributed by atoms with van der Waals surface area (Å²) in [5.41, 5.74) is 2.20. The average molecular weight is 225 g/mol. The van der Waals surface area contributed by atoms with Crippen molar-refractivity contribution < 1.29 is 0 Å². The standard InChI is InChI=1S/C12H17ClN2/c1-9-3-2-4-12(15-9)8-14-7-10-5-11(13)6-10/h2-4,10-11,14H,5-8H2,1H3. The largest absolute Gasteiger partial charge is 0.311 e. The van der Waals surface area contributed by atoms with Crippen molar-refractivity contribution in [1.29, 1.82) is 0 Å². The van der Waals surface area contributed by atoms with Crippen LogP contribution in [0, 0.1) is 12.8 Å². The maximum Gasteiger partial charge on any atom is 0.0544 e. The summed E-state index contributed by atoms with van der Waals surface area (Å²) in [6.07, 6.45) is 2.33. The molecule has 1 aliphatic carbocycles. The van der Waals surface area contributed by atoms with Gasteiger partial charge in [-0.3, -0.25) is 4.98 Å². The number of nitrogens with one attached hydrogen (secondary N) is 1. The molecule has 0 atom stereocenters. The van der Waals surface area contributed by atoms with Crippen molar-refractivity contribution in [3.63, 3.8) is 0 Å². The van der Waals surface area contributed by atoms with Crippen LogP contribution < -0.4 is 5.32 Å². The second-order valence-corrected chi connectivity index (χ2v) is 4.95. The third kappa shape index (κ3) is 3.18. The van der Waals surface area contributed by atoms with Gasteiger partial charge in [-0.2, -0.15) is 0 Å². The Labute approximate surface area is 96.1 Å². The summed E-state index contributed by atoms with van der Waals surface area (Å²) in [6, 6.07) is 6.14. The fourth-order valence-electron chi connectivity index (χ4n) is 1.92. The van der Waals surface area contributed by atoms with E-state index in [1.165, 1.54) is 0 Å². The lowest BCUT2D eigenvalue weighted by molar-refractivity contribution is 0.308. The van der Waals surface area contributed by atoms with E-state index in [1.807, 2.05) is 13.0 Å². The number of hydrogen-bond donors (Lipinski definition) is 1. The molecule has 0 aromatic carbocycles. The first kappa shape index (κ1) is 10.9. The Morgan fingerprint density at radius 2 is 2.27 bits per heavy atom. The molecule has 0 unspecified atom stereocenters. The highest BCUT2D eigenvalue weighted by Crippen LogP contribution is 2.31. The predicted molar refractivity (Wildman–Crippen MR) is 63.0 cm³/mol. The minimum absolute atomic E-state index is 0.425. The third-order valence-corrected chi connectivity index (χ3v) is 3.22. The molecule has 0 amide bonds. The van der Waals surface area contributed by atoms with Gasteiger partial charge in [0.05, 0.1) is 5.69 Å². The molecule has 1 heterocycles. The quantitative estimate of drug-likeness (QED) is 0.795. The van der Waals surface area contributed by atoms with E-state index in [-0.39, 0.29) is 0 Å². The van der Waals surface area contributed by atoms with E-state index >= 15 is 0 Å². The molecule has 0 saturated heterocycles. The number of halogens is 1. The van der Waals surface area contributed by atoms with Gasteiger partial charge in [-0.05, 0) is 44.4 Å². The number of hydrogen-bond acceptors (Lipinski definition) is 2.